The lowest BCUT2D eigenvalue weighted by Crippen LogP contribution is -2.40. The van der Waals surface area contributed by atoms with Crippen molar-refractivity contribution in [2.75, 3.05) is 13.7 Å². The van der Waals surface area contributed by atoms with E-state index in [1.807, 2.05) is 19.9 Å². The number of methoxy groups -OCH3 is 1. The van der Waals surface area contributed by atoms with Crippen LogP contribution in [0.15, 0.2) is 57.5 Å². The number of carbonyl (C=O) groups excluding carboxylic acids is 1. The number of rotatable bonds is 7. The molecule has 3 aromatic rings. The topological polar surface area (TPSA) is 79.1 Å². The number of allylic oxidation sites excluding steroid dienone is 1. The van der Waals surface area contributed by atoms with Gasteiger partial charge in [0.2, 0.25) is 0 Å². The molecule has 4 rings (SSSR count). The number of halogens is 2. The number of esters is 1. The predicted molar refractivity (Wildman–Crippen MR) is 146 cm³/mol. The van der Waals surface area contributed by atoms with Crippen molar-refractivity contribution in [1.82, 2.24) is 4.57 Å². The molecule has 0 aliphatic carbocycles. The molecule has 194 valence electrons. The van der Waals surface area contributed by atoms with Gasteiger partial charge in [0.25, 0.3) is 5.56 Å². The van der Waals surface area contributed by atoms with Gasteiger partial charge in [0.05, 0.1) is 41.7 Å². The van der Waals surface area contributed by atoms with Gasteiger partial charge in [-0.3, -0.25) is 9.36 Å². The Kier molecular flexibility index (Phi) is 8.11. The third-order valence-electron chi connectivity index (χ3n) is 5.66. The van der Waals surface area contributed by atoms with Gasteiger partial charge in [-0.05, 0) is 63.6 Å². The van der Waals surface area contributed by atoms with E-state index < -0.39 is 12.0 Å². The highest BCUT2D eigenvalue weighted by atomic mass is 35.5. The van der Waals surface area contributed by atoms with E-state index in [2.05, 4.69) is 4.99 Å². The van der Waals surface area contributed by atoms with E-state index in [9.17, 15) is 9.59 Å². The number of hydrogen-bond donors (Lipinski definition) is 0. The molecule has 0 bridgehead atoms. The first kappa shape index (κ1) is 27.0. The van der Waals surface area contributed by atoms with Crippen LogP contribution in [0.5, 0.6) is 11.5 Å². The van der Waals surface area contributed by atoms with Gasteiger partial charge >= 0.3 is 5.97 Å². The maximum atomic E-state index is 13.8. The molecule has 0 radical (unpaired) electrons. The lowest BCUT2D eigenvalue weighted by atomic mass is 9.95. The second-order valence-electron chi connectivity index (χ2n) is 8.51. The van der Waals surface area contributed by atoms with Crippen LogP contribution in [0.3, 0.4) is 0 Å². The standard InChI is InChI=1S/C27H26Cl2N2O5S/c1-6-35-26(33)23-15(4)30-27-31(24(23)16-10-11-20(36-14(2)3)21(12-16)34-5)25(32)22(37-27)13-17-18(28)8-7-9-19(17)29/h7-14,24H,6H2,1-5H3/b22-13+/t24-/m0/s1. The molecule has 0 amide bonds. The van der Waals surface area contributed by atoms with Gasteiger partial charge in [-0.15, -0.1) is 0 Å². The lowest BCUT2D eigenvalue weighted by molar-refractivity contribution is -0.139. The second kappa shape index (κ2) is 11.1. The van der Waals surface area contributed by atoms with Gasteiger partial charge < -0.3 is 14.2 Å². The van der Waals surface area contributed by atoms with Crippen molar-refractivity contribution in [3.8, 4) is 11.5 Å². The second-order valence-corrected chi connectivity index (χ2v) is 10.3. The highest BCUT2D eigenvalue weighted by molar-refractivity contribution is 7.07. The van der Waals surface area contributed by atoms with Crippen LogP contribution < -0.4 is 24.4 Å². The predicted octanol–water partition coefficient (Wildman–Crippen LogP) is 4.90. The summed E-state index contributed by atoms with van der Waals surface area (Å²) in [5.74, 6) is 0.494. The Balaban J connectivity index is 1.97. The summed E-state index contributed by atoms with van der Waals surface area (Å²) in [6.45, 7) is 7.48. The molecule has 10 heteroatoms. The summed E-state index contributed by atoms with van der Waals surface area (Å²) in [5.41, 5.74) is 1.59. The van der Waals surface area contributed by atoms with Gasteiger partial charge in [-0.25, -0.2) is 9.79 Å². The van der Waals surface area contributed by atoms with Gasteiger partial charge in [-0.1, -0.05) is 46.7 Å². The Morgan fingerprint density at radius 1 is 1.19 bits per heavy atom. The fraction of sp³-hybridized carbons (Fsp3) is 0.296. The minimum Gasteiger partial charge on any atom is -0.493 e. The summed E-state index contributed by atoms with van der Waals surface area (Å²) in [5, 5.41) is 0.840. The first-order chi connectivity index (χ1) is 17.7. The Morgan fingerprint density at radius 3 is 2.51 bits per heavy atom. The molecule has 1 atom stereocenters. The summed E-state index contributed by atoms with van der Waals surface area (Å²) >= 11 is 13.9. The van der Waals surface area contributed by atoms with Crippen LogP contribution in [-0.2, 0) is 9.53 Å². The quantitative estimate of drug-likeness (QED) is 0.384. The number of nitrogens with zero attached hydrogens (tertiary/aromatic N) is 2. The summed E-state index contributed by atoms with van der Waals surface area (Å²) in [6, 6.07) is 9.70. The smallest absolute Gasteiger partial charge is 0.338 e. The van der Waals surface area contributed by atoms with Crippen LogP contribution >= 0.6 is 34.5 Å². The maximum absolute atomic E-state index is 13.8. The zero-order valence-electron chi connectivity index (χ0n) is 21.0. The molecule has 0 saturated heterocycles. The Bertz CT molecular complexity index is 1550. The molecule has 2 heterocycles. The minimum absolute atomic E-state index is 0.0636. The van der Waals surface area contributed by atoms with Crippen LogP contribution in [0, 0.1) is 0 Å². The zero-order chi connectivity index (χ0) is 26.9. The number of carbonyl (C=O) groups is 1. The summed E-state index contributed by atoms with van der Waals surface area (Å²) in [6.07, 6.45) is 1.58. The highest BCUT2D eigenvalue weighted by Gasteiger charge is 2.34. The van der Waals surface area contributed by atoms with E-state index >= 15 is 0 Å². The van der Waals surface area contributed by atoms with Crippen molar-refractivity contribution in [2.24, 2.45) is 4.99 Å². The molecule has 37 heavy (non-hydrogen) atoms. The molecule has 0 N–H and O–H groups in total. The summed E-state index contributed by atoms with van der Waals surface area (Å²) in [7, 11) is 1.54. The summed E-state index contributed by atoms with van der Waals surface area (Å²) in [4.78, 5) is 31.9. The fourth-order valence-electron chi connectivity index (χ4n) is 4.09. The van der Waals surface area contributed by atoms with Crippen LogP contribution in [-0.4, -0.2) is 30.4 Å². The third kappa shape index (κ3) is 5.32. The van der Waals surface area contributed by atoms with Crippen molar-refractivity contribution >= 4 is 46.6 Å². The van der Waals surface area contributed by atoms with E-state index in [-0.39, 0.29) is 23.8 Å². The SMILES string of the molecule is CCOC(=O)C1=C(C)N=c2s/c(=C/c3c(Cl)cccc3Cl)c(=O)n2[C@H]1c1ccc(OC(C)C)c(OC)c1. The normalized spacial score (nSPS) is 15.5. The van der Waals surface area contributed by atoms with Gasteiger partial charge in [0.15, 0.2) is 16.3 Å². The zero-order valence-corrected chi connectivity index (χ0v) is 23.3. The molecular weight excluding hydrogens is 535 g/mol. The molecule has 1 aromatic heterocycles. The van der Waals surface area contributed by atoms with Crippen molar-refractivity contribution < 1.29 is 19.0 Å². The monoisotopic (exact) mass is 560 g/mol. The fourth-order valence-corrected chi connectivity index (χ4v) is 5.63. The van der Waals surface area contributed by atoms with Crippen LogP contribution in [0.25, 0.3) is 6.08 Å². The van der Waals surface area contributed by atoms with Crippen molar-refractivity contribution in [3.05, 3.63) is 88.5 Å². The number of benzene rings is 2. The third-order valence-corrected chi connectivity index (χ3v) is 7.30. The molecule has 2 aromatic carbocycles. The number of ether oxygens (including phenoxy) is 3. The van der Waals surface area contributed by atoms with E-state index in [0.717, 1.165) is 0 Å². The van der Waals surface area contributed by atoms with Gasteiger partial charge in [0.1, 0.15) is 0 Å². The number of aromatic nitrogens is 1. The lowest BCUT2D eigenvalue weighted by Gasteiger charge is -2.25. The molecular formula is C27H26Cl2N2O5S. The summed E-state index contributed by atoms with van der Waals surface area (Å²) < 4.78 is 18.7. The van der Waals surface area contributed by atoms with Gasteiger partial charge in [-0.2, -0.15) is 0 Å². The largest absolute Gasteiger partial charge is 0.493 e. The van der Waals surface area contributed by atoms with E-state index in [1.165, 1.54) is 15.9 Å². The van der Waals surface area contributed by atoms with E-state index in [1.54, 1.807) is 57.4 Å². The van der Waals surface area contributed by atoms with Crippen LogP contribution in [0.1, 0.15) is 44.9 Å². The first-order valence-electron chi connectivity index (χ1n) is 11.6. The highest BCUT2D eigenvalue weighted by Crippen LogP contribution is 2.36. The number of thiazole rings is 1. The molecule has 1 aliphatic rings. The first-order valence-corrected chi connectivity index (χ1v) is 13.2. The van der Waals surface area contributed by atoms with E-state index in [4.69, 9.17) is 37.4 Å². The van der Waals surface area contributed by atoms with Crippen molar-refractivity contribution in [1.29, 1.82) is 0 Å². The van der Waals surface area contributed by atoms with Crippen LogP contribution in [0.2, 0.25) is 10.0 Å². The Hall–Kier alpha value is -3.07. The average Bonchev–Trinajstić information content (AvgIpc) is 3.15. The molecule has 0 spiro atoms. The Morgan fingerprint density at radius 2 is 1.89 bits per heavy atom. The number of hydrogen-bond acceptors (Lipinski definition) is 7. The molecule has 0 unspecified atom stereocenters. The van der Waals surface area contributed by atoms with Crippen molar-refractivity contribution in [2.45, 2.75) is 39.8 Å². The van der Waals surface area contributed by atoms with Gasteiger partial charge in [0, 0.05) is 15.6 Å². The number of fused-ring (bicyclic) bond motifs is 1. The molecule has 7 nitrogen and oxygen atoms in total. The van der Waals surface area contributed by atoms with Crippen molar-refractivity contribution in [3.63, 3.8) is 0 Å². The van der Waals surface area contributed by atoms with E-state index in [0.29, 0.717) is 47.7 Å². The maximum Gasteiger partial charge on any atom is 0.338 e. The molecule has 0 fully saturated rings. The molecule has 1 aliphatic heterocycles. The average molecular weight is 561 g/mol. The van der Waals surface area contributed by atoms with Crippen LogP contribution in [0.4, 0.5) is 0 Å². The minimum atomic E-state index is -0.791. The Labute approximate surface area is 228 Å². The molecule has 0 saturated carbocycles.